The number of anilines is 2. The second-order valence-electron chi connectivity index (χ2n) is 4.36. The van der Waals surface area contributed by atoms with E-state index in [0.717, 1.165) is 17.7 Å². The topological polar surface area (TPSA) is 55.1 Å². The third-order valence-electron chi connectivity index (χ3n) is 2.93. The first-order valence-corrected chi connectivity index (χ1v) is 6.91. The molecule has 0 aromatic heterocycles. The molecule has 0 spiro atoms. The summed E-state index contributed by atoms with van der Waals surface area (Å²) in [7, 11) is 0. The lowest BCUT2D eigenvalue weighted by Crippen LogP contribution is -2.12. The van der Waals surface area contributed by atoms with Crippen LogP contribution in [0.3, 0.4) is 0 Å². The molecule has 0 aliphatic heterocycles. The number of benzene rings is 2. The molecular weight excluding hydrogens is 295 g/mol. The first-order chi connectivity index (χ1) is 9.51. The Morgan fingerprint density at radius 3 is 2.45 bits per heavy atom. The number of hydrogen-bond acceptors (Lipinski definition) is 2. The molecule has 2 aromatic carbocycles. The van der Waals surface area contributed by atoms with E-state index in [-0.39, 0.29) is 21.6 Å². The van der Waals surface area contributed by atoms with E-state index in [9.17, 15) is 4.79 Å². The Labute approximate surface area is 127 Å². The smallest absolute Gasteiger partial charge is 0.255 e. The number of carbonyl (C=O) groups is 1. The number of hydrogen-bond donors (Lipinski definition) is 2. The Kier molecular flexibility index (Phi) is 4.53. The van der Waals surface area contributed by atoms with Gasteiger partial charge in [0.05, 0.1) is 15.7 Å². The van der Waals surface area contributed by atoms with E-state index in [1.165, 1.54) is 12.1 Å². The summed E-state index contributed by atoms with van der Waals surface area (Å²) in [6.45, 7) is 2.06. The van der Waals surface area contributed by atoms with E-state index in [0.29, 0.717) is 5.56 Å². The lowest BCUT2D eigenvalue weighted by Gasteiger charge is -2.09. The molecule has 20 heavy (non-hydrogen) atoms. The summed E-state index contributed by atoms with van der Waals surface area (Å²) in [6.07, 6.45) is 0.906. The predicted octanol–water partition coefficient (Wildman–Crippen LogP) is 4.39. The molecule has 0 radical (unpaired) electrons. The molecule has 3 N–H and O–H groups in total. The molecule has 0 saturated carbocycles. The van der Waals surface area contributed by atoms with E-state index in [1.54, 1.807) is 0 Å². The van der Waals surface area contributed by atoms with Crippen molar-refractivity contribution < 1.29 is 4.79 Å². The number of carbonyl (C=O) groups excluding carboxylic acids is 1. The average molecular weight is 309 g/mol. The third kappa shape index (κ3) is 3.24. The Morgan fingerprint density at radius 1 is 1.20 bits per heavy atom. The number of nitrogen functional groups attached to an aromatic ring is 1. The van der Waals surface area contributed by atoms with Crippen LogP contribution in [0.4, 0.5) is 11.4 Å². The second-order valence-corrected chi connectivity index (χ2v) is 5.18. The summed E-state index contributed by atoms with van der Waals surface area (Å²) in [4.78, 5) is 12.2. The first-order valence-electron chi connectivity index (χ1n) is 6.16. The monoisotopic (exact) mass is 308 g/mol. The number of halogens is 2. The molecule has 0 aliphatic carbocycles. The average Bonchev–Trinajstić information content (AvgIpc) is 2.44. The van der Waals surface area contributed by atoms with Crippen molar-refractivity contribution in [3.05, 3.63) is 57.6 Å². The van der Waals surface area contributed by atoms with Crippen LogP contribution >= 0.6 is 23.2 Å². The molecule has 2 rings (SSSR count). The van der Waals surface area contributed by atoms with Crippen LogP contribution in [0.5, 0.6) is 0 Å². The summed E-state index contributed by atoms with van der Waals surface area (Å²) in [5.74, 6) is -0.276. The van der Waals surface area contributed by atoms with E-state index in [2.05, 4.69) is 12.2 Å². The fourth-order valence-corrected chi connectivity index (χ4v) is 2.27. The molecule has 0 heterocycles. The molecule has 0 saturated heterocycles. The molecule has 0 atom stereocenters. The van der Waals surface area contributed by atoms with Crippen molar-refractivity contribution in [3.8, 4) is 0 Å². The Morgan fingerprint density at radius 2 is 1.85 bits per heavy atom. The van der Waals surface area contributed by atoms with Crippen molar-refractivity contribution in [2.45, 2.75) is 13.3 Å². The van der Waals surface area contributed by atoms with Crippen LogP contribution in [0.1, 0.15) is 22.8 Å². The zero-order valence-corrected chi connectivity index (χ0v) is 12.4. The van der Waals surface area contributed by atoms with Gasteiger partial charge in [-0.1, -0.05) is 42.3 Å². The van der Waals surface area contributed by atoms with Gasteiger partial charge in [-0.25, -0.2) is 0 Å². The molecule has 0 fully saturated rings. The van der Waals surface area contributed by atoms with Gasteiger partial charge >= 0.3 is 0 Å². The number of aryl methyl sites for hydroxylation is 1. The molecule has 5 heteroatoms. The van der Waals surface area contributed by atoms with Crippen LogP contribution in [0.25, 0.3) is 0 Å². The molecule has 3 nitrogen and oxygen atoms in total. The van der Waals surface area contributed by atoms with Gasteiger partial charge in [0.25, 0.3) is 5.91 Å². The van der Waals surface area contributed by atoms with Crippen molar-refractivity contribution in [1.29, 1.82) is 0 Å². The lowest BCUT2D eigenvalue weighted by molar-refractivity contribution is 0.102. The molecule has 1 amide bonds. The number of rotatable bonds is 3. The van der Waals surface area contributed by atoms with Gasteiger partial charge in [0.15, 0.2) is 0 Å². The molecule has 2 aromatic rings. The third-order valence-corrected chi connectivity index (χ3v) is 3.56. The first kappa shape index (κ1) is 14.7. The van der Waals surface area contributed by atoms with Crippen LogP contribution in [0, 0.1) is 0 Å². The highest BCUT2D eigenvalue weighted by atomic mass is 35.5. The standard InChI is InChI=1S/C15H14Cl2N2O/c1-2-9-4-3-5-11(6-9)19-15(20)10-7-12(16)14(18)13(17)8-10/h3-8H,2,18H2,1H3,(H,19,20). The Hall–Kier alpha value is -1.71. The van der Waals surface area contributed by atoms with Gasteiger partial charge in [-0.2, -0.15) is 0 Å². The summed E-state index contributed by atoms with van der Waals surface area (Å²) >= 11 is 11.8. The van der Waals surface area contributed by atoms with Gasteiger partial charge in [0.2, 0.25) is 0 Å². The fourth-order valence-electron chi connectivity index (χ4n) is 1.79. The van der Waals surface area contributed by atoms with Crippen molar-refractivity contribution in [2.24, 2.45) is 0 Å². The highest BCUT2D eigenvalue weighted by Crippen LogP contribution is 2.29. The van der Waals surface area contributed by atoms with E-state index in [1.807, 2.05) is 24.3 Å². The number of nitrogens with one attached hydrogen (secondary N) is 1. The Bertz CT molecular complexity index is 633. The molecular formula is C15H14Cl2N2O. The highest BCUT2D eigenvalue weighted by molar-refractivity contribution is 6.39. The van der Waals surface area contributed by atoms with Gasteiger partial charge in [-0.3, -0.25) is 4.79 Å². The van der Waals surface area contributed by atoms with E-state index < -0.39 is 0 Å². The maximum absolute atomic E-state index is 12.2. The van der Waals surface area contributed by atoms with Crippen LogP contribution in [-0.4, -0.2) is 5.91 Å². The molecule has 0 bridgehead atoms. The maximum atomic E-state index is 12.2. The molecule has 0 aliphatic rings. The minimum absolute atomic E-state index is 0.268. The van der Waals surface area contributed by atoms with Crippen LogP contribution < -0.4 is 11.1 Å². The predicted molar refractivity (Wildman–Crippen MR) is 84.6 cm³/mol. The van der Waals surface area contributed by atoms with Gasteiger partial charge in [0, 0.05) is 11.3 Å². The summed E-state index contributed by atoms with van der Waals surface area (Å²) in [5, 5.41) is 3.35. The van der Waals surface area contributed by atoms with Gasteiger partial charge < -0.3 is 11.1 Å². The summed E-state index contributed by atoms with van der Waals surface area (Å²) < 4.78 is 0. The zero-order valence-electron chi connectivity index (χ0n) is 10.9. The Balaban J connectivity index is 2.23. The minimum Gasteiger partial charge on any atom is -0.396 e. The number of amides is 1. The maximum Gasteiger partial charge on any atom is 0.255 e. The largest absolute Gasteiger partial charge is 0.396 e. The quantitative estimate of drug-likeness (QED) is 0.826. The van der Waals surface area contributed by atoms with Gasteiger partial charge in [-0.05, 0) is 36.2 Å². The highest BCUT2D eigenvalue weighted by Gasteiger charge is 2.11. The van der Waals surface area contributed by atoms with Crippen LogP contribution in [0.2, 0.25) is 10.0 Å². The van der Waals surface area contributed by atoms with Crippen molar-refractivity contribution >= 4 is 40.5 Å². The fraction of sp³-hybridized carbons (Fsp3) is 0.133. The summed E-state index contributed by atoms with van der Waals surface area (Å²) in [5.41, 5.74) is 8.18. The van der Waals surface area contributed by atoms with Gasteiger partial charge in [-0.15, -0.1) is 0 Å². The van der Waals surface area contributed by atoms with Crippen LogP contribution in [-0.2, 0) is 6.42 Å². The van der Waals surface area contributed by atoms with E-state index >= 15 is 0 Å². The van der Waals surface area contributed by atoms with Crippen molar-refractivity contribution in [3.63, 3.8) is 0 Å². The van der Waals surface area contributed by atoms with Crippen LogP contribution in [0.15, 0.2) is 36.4 Å². The summed E-state index contributed by atoms with van der Waals surface area (Å²) in [6, 6.07) is 10.7. The van der Waals surface area contributed by atoms with Crippen molar-refractivity contribution in [1.82, 2.24) is 0 Å². The van der Waals surface area contributed by atoms with Gasteiger partial charge in [0.1, 0.15) is 0 Å². The lowest BCUT2D eigenvalue weighted by atomic mass is 10.1. The normalized spacial score (nSPS) is 10.3. The zero-order chi connectivity index (χ0) is 14.7. The number of nitrogens with two attached hydrogens (primary N) is 1. The molecule has 104 valence electrons. The van der Waals surface area contributed by atoms with Crippen molar-refractivity contribution in [2.75, 3.05) is 11.1 Å². The molecule has 0 unspecified atom stereocenters. The SMILES string of the molecule is CCc1cccc(NC(=O)c2cc(Cl)c(N)c(Cl)c2)c1. The van der Waals surface area contributed by atoms with E-state index in [4.69, 9.17) is 28.9 Å². The minimum atomic E-state index is -0.276. The second kappa shape index (κ2) is 6.16.